The summed E-state index contributed by atoms with van der Waals surface area (Å²) in [5.74, 6) is 1.04. The molecule has 0 N–H and O–H groups in total. The van der Waals surface area contributed by atoms with Crippen LogP contribution in [0.5, 0.6) is 0 Å². The fourth-order valence-corrected chi connectivity index (χ4v) is 3.95. The number of carbonyl (C=O) groups is 2. The third kappa shape index (κ3) is 1.14. The molecule has 2 atom stereocenters. The minimum absolute atomic E-state index is 0.00222. The van der Waals surface area contributed by atoms with E-state index in [9.17, 15) is 9.59 Å². The highest BCUT2D eigenvalue weighted by Crippen LogP contribution is 2.52. The van der Waals surface area contributed by atoms with Crippen molar-refractivity contribution in [3.63, 3.8) is 0 Å². The molecule has 0 aromatic carbocycles. The summed E-state index contributed by atoms with van der Waals surface area (Å²) in [5, 5.41) is 3.01. The van der Waals surface area contributed by atoms with Crippen LogP contribution in [0, 0.1) is 23.7 Å². The summed E-state index contributed by atoms with van der Waals surface area (Å²) in [4.78, 5) is 24.5. The van der Waals surface area contributed by atoms with Crippen molar-refractivity contribution in [2.24, 2.45) is 23.7 Å². The molecule has 1 heterocycles. The summed E-state index contributed by atoms with van der Waals surface area (Å²) in [7, 11) is 3.55. The first-order chi connectivity index (χ1) is 7.61. The maximum Gasteiger partial charge on any atom is 0.248 e. The summed E-state index contributed by atoms with van der Waals surface area (Å²) >= 11 is 0. The molecular formula is C12H18N2O2. The lowest BCUT2D eigenvalue weighted by Crippen LogP contribution is -2.42. The Labute approximate surface area is 95.5 Å². The first-order valence-electron chi connectivity index (χ1n) is 6.16. The minimum atomic E-state index is 0.00222. The maximum atomic E-state index is 12.2. The summed E-state index contributed by atoms with van der Waals surface area (Å²) in [6.45, 7) is 0. The van der Waals surface area contributed by atoms with Gasteiger partial charge in [0.1, 0.15) is 0 Å². The zero-order valence-electron chi connectivity index (χ0n) is 9.85. The van der Waals surface area contributed by atoms with E-state index in [0.717, 1.165) is 25.7 Å². The van der Waals surface area contributed by atoms with Crippen molar-refractivity contribution < 1.29 is 9.59 Å². The van der Waals surface area contributed by atoms with Gasteiger partial charge < -0.3 is 0 Å². The van der Waals surface area contributed by atoms with Gasteiger partial charge in [0.05, 0.1) is 11.8 Å². The highest BCUT2D eigenvalue weighted by atomic mass is 16.2. The van der Waals surface area contributed by atoms with Crippen molar-refractivity contribution >= 4 is 11.8 Å². The second-order valence-corrected chi connectivity index (χ2v) is 5.56. The van der Waals surface area contributed by atoms with Gasteiger partial charge in [-0.05, 0) is 37.5 Å². The number of amides is 2. The third-order valence-corrected chi connectivity index (χ3v) is 4.61. The third-order valence-electron chi connectivity index (χ3n) is 4.61. The predicted octanol–water partition coefficient (Wildman–Crippen LogP) is 0.884. The lowest BCUT2D eigenvalue weighted by molar-refractivity contribution is -0.154. The highest BCUT2D eigenvalue weighted by Gasteiger charge is 2.58. The minimum Gasteiger partial charge on any atom is -0.273 e. The molecule has 88 valence electrons. The molecule has 0 spiro atoms. The molecule has 4 heteroatoms. The summed E-state index contributed by atoms with van der Waals surface area (Å²) in [5.41, 5.74) is 0. The summed E-state index contributed by atoms with van der Waals surface area (Å²) < 4.78 is 0. The molecule has 0 aromatic heterocycles. The van der Waals surface area contributed by atoms with Crippen LogP contribution in [0.3, 0.4) is 0 Å². The Bertz CT molecular complexity index is 315. The van der Waals surface area contributed by atoms with Gasteiger partial charge >= 0.3 is 0 Å². The average Bonchev–Trinajstić information content (AvgIpc) is 2.55. The second kappa shape index (κ2) is 3.29. The fraction of sp³-hybridized carbons (Fsp3) is 0.833. The molecular weight excluding hydrogens is 204 g/mol. The van der Waals surface area contributed by atoms with Gasteiger partial charge in [-0.25, -0.2) is 10.0 Å². The van der Waals surface area contributed by atoms with Gasteiger partial charge in [0.15, 0.2) is 0 Å². The van der Waals surface area contributed by atoms with Crippen molar-refractivity contribution in [1.29, 1.82) is 0 Å². The number of hydrazine groups is 1. The van der Waals surface area contributed by atoms with E-state index in [4.69, 9.17) is 0 Å². The molecule has 0 radical (unpaired) electrons. The molecule has 16 heavy (non-hydrogen) atoms. The number of carbonyl (C=O) groups excluding carboxylic acids is 2. The number of hydrogen-bond acceptors (Lipinski definition) is 3. The van der Waals surface area contributed by atoms with E-state index in [1.807, 2.05) is 0 Å². The fourth-order valence-electron chi connectivity index (χ4n) is 3.95. The SMILES string of the molecule is CN(C)N1C(=O)C2C3CCC(CC3)C2C1=O. The number of hydrogen-bond donors (Lipinski definition) is 0. The molecule has 2 unspecified atom stereocenters. The first-order valence-corrected chi connectivity index (χ1v) is 6.16. The number of fused-ring (bicyclic) bond motifs is 2. The van der Waals surface area contributed by atoms with Gasteiger partial charge in [-0.3, -0.25) is 9.59 Å². The molecule has 3 aliphatic carbocycles. The van der Waals surface area contributed by atoms with Crippen LogP contribution in [0.15, 0.2) is 0 Å². The summed E-state index contributed by atoms with van der Waals surface area (Å²) in [6, 6.07) is 0. The van der Waals surface area contributed by atoms with Gasteiger partial charge in [0.25, 0.3) is 0 Å². The van der Waals surface area contributed by atoms with Crippen molar-refractivity contribution in [2.75, 3.05) is 14.1 Å². The van der Waals surface area contributed by atoms with E-state index < -0.39 is 0 Å². The Balaban J connectivity index is 1.98. The van der Waals surface area contributed by atoms with E-state index >= 15 is 0 Å². The zero-order chi connectivity index (χ0) is 11.4. The van der Waals surface area contributed by atoms with Gasteiger partial charge in [-0.15, -0.1) is 0 Å². The van der Waals surface area contributed by atoms with E-state index in [1.54, 1.807) is 19.1 Å². The Hall–Kier alpha value is -0.900. The molecule has 1 saturated heterocycles. The zero-order valence-corrected chi connectivity index (χ0v) is 9.85. The van der Waals surface area contributed by atoms with Crippen LogP contribution in [-0.2, 0) is 9.59 Å². The molecule has 0 aromatic rings. The monoisotopic (exact) mass is 222 g/mol. The largest absolute Gasteiger partial charge is 0.273 e. The van der Waals surface area contributed by atoms with Crippen molar-refractivity contribution in [2.45, 2.75) is 25.7 Å². The van der Waals surface area contributed by atoms with E-state index in [2.05, 4.69) is 0 Å². The second-order valence-electron chi connectivity index (χ2n) is 5.56. The van der Waals surface area contributed by atoms with E-state index in [0.29, 0.717) is 11.8 Å². The van der Waals surface area contributed by atoms with Crippen LogP contribution in [0.25, 0.3) is 0 Å². The van der Waals surface area contributed by atoms with Crippen molar-refractivity contribution in [3.05, 3.63) is 0 Å². The molecule has 4 nitrogen and oxygen atoms in total. The molecule has 4 fully saturated rings. The molecule has 1 aliphatic heterocycles. The average molecular weight is 222 g/mol. The van der Waals surface area contributed by atoms with Gasteiger partial charge in [-0.1, -0.05) is 0 Å². The first kappa shape index (κ1) is 10.3. The topological polar surface area (TPSA) is 40.6 Å². The van der Waals surface area contributed by atoms with Crippen LogP contribution in [0.4, 0.5) is 0 Å². The van der Waals surface area contributed by atoms with Gasteiger partial charge in [0, 0.05) is 14.1 Å². The van der Waals surface area contributed by atoms with Crippen molar-refractivity contribution in [3.8, 4) is 0 Å². The lowest BCUT2D eigenvalue weighted by atomic mass is 9.59. The Morgan fingerprint density at radius 1 is 0.938 bits per heavy atom. The predicted molar refractivity (Wildman–Crippen MR) is 58.0 cm³/mol. The van der Waals surface area contributed by atoms with Crippen LogP contribution >= 0.6 is 0 Å². The molecule has 4 rings (SSSR count). The number of nitrogens with zero attached hydrogens (tertiary/aromatic N) is 2. The number of imide groups is 1. The van der Waals surface area contributed by atoms with Crippen LogP contribution in [-0.4, -0.2) is 35.9 Å². The van der Waals surface area contributed by atoms with Crippen LogP contribution in [0.2, 0.25) is 0 Å². The maximum absolute atomic E-state index is 12.2. The van der Waals surface area contributed by atoms with Gasteiger partial charge in [-0.2, -0.15) is 0 Å². The molecule has 4 aliphatic rings. The number of rotatable bonds is 1. The molecule has 3 saturated carbocycles. The quantitative estimate of drug-likeness (QED) is 0.618. The highest BCUT2D eigenvalue weighted by molar-refractivity contribution is 6.05. The van der Waals surface area contributed by atoms with Crippen LogP contribution < -0.4 is 0 Å². The summed E-state index contributed by atoms with van der Waals surface area (Å²) in [6.07, 6.45) is 4.58. The van der Waals surface area contributed by atoms with E-state index in [1.165, 1.54) is 5.01 Å². The Morgan fingerprint density at radius 2 is 1.31 bits per heavy atom. The normalized spacial score (nSPS) is 42.1. The Morgan fingerprint density at radius 3 is 1.62 bits per heavy atom. The molecule has 2 bridgehead atoms. The lowest BCUT2D eigenvalue weighted by Gasteiger charge is -2.42. The van der Waals surface area contributed by atoms with E-state index in [-0.39, 0.29) is 23.7 Å². The Kier molecular flexibility index (Phi) is 2.11. The van der Waals surface area contributed by atoms with Gasteiger partial charge in [0.2, 0.25) is 11.8 Å². The van der Waals surface area contributed by atoms with Crippen molar-refractivity contribution in [1.82, 2.24) is 10.0 Å². The smallest absolute Gasteiger partial charge is 0.248 e. The van der Waals surface area contributed by atoms with Crippen LogP contribution in [0.1, 0.15) is 25.7 Å². The standard InChI is InChI=1S/C12H18N2O2/c1-13(2)14-11(15)9-7-3-4-8(6-5-7)10(9)12(14)16/h7-10H,3-6H2,1-2H3. The molecule has 2 amide bonds.